The van der Waals surface area contributed by atoms with E-state index >= 15 is 0 Å². The lowest BCUT2D eigenvalue weighted by Gasteiger charge is -1.98. The van der Waals surface area contributed by atoms with Crippen LogP contribution in [-0.2, 0) is 14.4 Å². The lowest BCUT2D eigenvalue weighted by molar-refractivity contribution is -0.138. The molecule has 0 aromatic carbocycles. The zero-order valence-electron chi connectivity index (χ0n) is 12.7. The summed E-state index contributed by atoms with van der Waals surface area (Å²) in [7, 11) is 0. The Hall–Kier alpha value is -1.71. The molecule has 0 saturated heterocycles. The SMILES string of the molecule is C.C.C.CC(N)C(=O)O.CC(N)CC(=O)O.CC(N)CCC(=O)O. The number of rotatable bonds is 6. The van der Waals surface area contributed by atoms with Gasteiger partial charge in [0.1, 0.15) is 6.04 Å². The monoisotopic (exact) mass is 357 g/mol. The highest BCUT2D eigenvalue weighted by molar-refractivity contribution is 5.72. The summed E-state index contributed by atoms with van der Waals surface area (Å²) in [6, 6.07) is -0.950. The van der Waals surface area contributed by atoms with E-state index in [1.807, 2.05) is 0 Å². The van der Waals surface area contributed by atoms with Gasteiger partial charge in [-0.1, -0.05) is 22.3 Å². The first-order chi connectivity index (χ1) is 9.39. The molecule has 0 saturated carbocycles. The topological polar surface area (TPSA) is 190 Å². The summed E-state index contributed by atoms with van der Waals surface area (Å²) in [5.41, 5.74) is 15.2. The van der Waals surface area contributed by atoms with Crippen LogP contribution in [0.3, 0.4) is 0 Å². The molecule has 150 valence electrons. The molecule has 0 aromatic heterocycles. The van der Waals surface area contributed by atoms with Gasteiger partial charge < -0.3 is 32.5 Å². The van der Waals surface area contributed by atoms with Crippen LogP contribution in [0.5, 0.6) is 0 Å². The molecule has 3 unspecified atom stereocenters. The Labute approximate surface area is 146 Å². The summed E-state index contributed by atoms with van der Waals surface area (Å²) in [4.78, 5) is 29.2. The van der Waals surface area contributed by atoms with E-state index < -0.39 is 23.9 Å². The Morgan fingerprint density at radius 1 is 0.792 bits per heavy atom. The van der Waals surface area contributed by atoms with Gasteiger partial charge in [0.05, 0.1) is 6.42 Å². The van der Waals surface area contributed by atoms with Crippen molar-refractivity contribution in [3.05, 3.63) is 0 Å². The van der Waals surface area contributed by atoms with Gasteiger partial charge in [-0.15, -0.1) is 0 Å². The van der Waals surface area contributed by atoms with Crippen LogP contribution < -0.4 is 17.2 Å². The van der Waals surface area contributed by atoms with Crippen LogP contribution in [0.4, 0.5) is 0 Å². The first-order valence-electron chi connectivity index (χ1n) is 6.33. The Balaban J connectivity index is -0.0000000481. The standard InChI is InChI=1S/C5H11NO2.C4H9NO2.C3H7NO2.3CH4/c1-4(6)2-3-5(7)8;1-3(5)2-4(6)7;1-2(4)3(5)6;;;/h4H,2-3,6H2,1H3,(H,7,8);3H,2,5H2,1H3,(H,6,7);2H,4H2,1H3,(H,5,6);3*1H4. The van der Waals surface area contributed by atoms with Crippen molar-refractivity contribution in [2.75, 3.05) is 0 Å². The molecule has 0 bridgehead atoms. The lowest BCUT2D eigenvalue weighted by Crippen LogP contribution is -2.25. The van der Waals surface area contributed by atoms with Crippen LogP contribution in [-0.4, -0.2) is 51.4 Å². The van der Waals surface area contributed by atoms with E-state index in [4.69, 9.17) is 32.5 Å². The fraction of sp³-hybridized carbons (Fsp3) is 0.800. The first kappa shape index (κ1) is 38.1. The Morgan fingerprint density at radius 3 is 1.17 bits per heavy atom. The van der Waals surface area contributed by atoms with E-state index in [1.54, 1.807) is 13.8 Å². The smallest absolute Gasteiger partial charge is 0.320 e. The highest BCUT2D eigenvalue weighted by atomic mass is 16.4. The van der Waals surface area contributed by atoms with Gasteiger partial charge in [0.25, 0.3) is 0 Å². The van der Waals surface area contributed by atoms with E-state index in [-0.39, 0.29) is 47.2 Å². The van der Waals surface area contributed by atoms with Gasteiger partial charge in [-0.25, -0.2) is 0 Å². The van der Waals surface area contributed by atoms with Gasteiger partial charge in [0.2, 0.25) is 0 Å². The van der Waals surface area contributed by atoms with Crippen molar-refractivity contribution in [2.45, 2.75) is 80.4 Å². The maximum Gasteiger partial charge on any atom is 0.320 e. The van der Waals surface area contributed by atoms with E-state index in [0.717, 1.165) is 0 Å². The van der Waals surface area contributed by atoms with Gasteiger partial charge in [0.15, 0.2) is 0 Å². The maximum absolute atomic E-state index is 9.85. The summed E-state index contributed by atoms with van der Waals surface area (Å²) in [5, 5.41) is 24.0. The minimum atomic E-state index is -0.963. The fourth-order valence-corrected chi connectivity index (χ4v) is 0.627. The predicted octanol–water partition coefficient (Wildman–Crippen LogP) is 1.33. The number of hydrogen-bond acceptors (Lipinski definition) is 6. The maximum atomic E-state index is 9.85. The van der Waals surface area contributed by atoms with Gasteiger partial charge in [-0.05, 0) is 27.2 Å². The highest BCUT2D eigenvalue weighted by Crippen LogP contribution is 1.91. The van der Waals surface area contributed by atoms with E-state index in [0.29, 0.717) is 6.42 Å². The number of hydrogen-bond donors (Lipinski definition) is 6. The van der Waals surface area contributed by atoms with Crippen molar-refractivity contribution >= 4 is 17.9 Å². The number of carbonyl (C=O) groups is 3. The van der Waals surface area contributed by atoms with E-state index in [2.05, 4.69) is 0 Å². The van der Waals surface area contributed by atoms with Crippen LogP contribution in [0.2, 0.25) is 0 Å². The van der Waals surface area contributed by atoms with Crippen molar-refractivity contribution in [3.63, 3.8) is 0 Å². The Kier molecular flexibility index (Phi) is 37.4. The largest absolute Gasteiger partial charge is 0.481 e. The molecule has 0 spiro atoms. The summed E-state index contributed by atoms with van der Waals surface area (Å²) in [5.74, 6) is -2.58. The van der Waals surface area contributed by atoms with Gasteiger partial charge in [-0.2, -0.15) is 0 Å². The molecule has 3 atom stereocenters. The molecule has 0 fully saturated rings. The zero-order valence-corrected chi connectivity index (χ0v) is 12.7. The molecule has 0 amide bonds. The quantitative estimate of drug-likeness (QED) is 0.407. The van der Waals surface area contributed by atoms with E-state index in [9.17, 15) is 14.4 Å². The third-order valence-corrected chi connectivity index (χ3v) is 1.70. The number of nitrogens with two attached hydrogens (primary N) is 3. The predicted molar refractivity (Wildman–Crippen MR) is 97.9 cm³/mol. The zero-order chi connectivity index (χ0) is 17.6. The molecule has 0 rings (SSSR count). The number of carboxylic acids is 3. The minimum absolute atomic E-state index is 0. The third kappa shape index (κ3) is 59.2. The molecular weight excluding hydrogens is 318 g/mol. The number of carboxylic acid groups (broad SMARTS) is 3. The van der Waals surface area contributed by atoms with Crippen LogP contribution in [0.1, 0.15) is 62.3 Å². The molecule has 0 radical (unpaired) electrons. The van der Waals surface area contributed by atoms with Crippen LogP contribution in [0.15, 0.2) is 0 Å². The molecule has 0 heterocycles. The third-order valence-electron chi connectivity index (χ3n) is 1.70. The molecule has 24 heavy (non-hydrogen) atoms. The Morgan fingerprint density at radius 2 is 1.12 bits per heavy atom. The molecular formula is C15H39N3O6. The summed E-state index contributed by atoms with van der Waals surface area (Å²) < 4.78 is 0. The first-order valence-corrected chi connectivity index (χ1v) is 6.33. The molecule has 9 nitrogen and oxygen atoms in total. The fourth-order valence-electron chi connectivity index (χ4n) is 0.627. The molecule has 0 aliphatic heterocycles. The second-order valence-corrected chi connectivity index (χ2v) is 4.61. The molecule has 0 aliphatic carbocycles. The van der Waals surface area contributed by atoms with Crippen molar-refractivity contribution in [2.24, 2.45) is 17.2 Å². The van der Waals surface area contributed by atoms with Crippen LogP contribution in [0, 0.1) is 0 Å². The van der Waals surface area contributed by atoms with Gasteiger partial charge in [0, 0.05) is 18.5 Å². The summed E-state index contributed by atoms with van der Waals surface area (Å²) in [6.07, 6.45) is 0.799. The second kappa shape index (κ2) is 23.6. The molecule has 9 N–H and O–H groups in total. The van der Waals surface area contributed by atoms with Crippen LogP contribution >= 0.6 is 0 Å². The van der Waals surface area contributed by atoms with Crippen molar-refractivity contribution < 1.29 is 29.7 Å². The molecule has 0 aromatic rings. The lowest BCUT2D eigenvalue weighted by atomic mass is 10.2. The molecule has 0 aliphatic rings. The van der Waals surface area contributed by atoms with Crippen molar-refractivity contribution in [1.82, 2.24) is 0 Å². The van der Waals surface area contributed by atoms with Gasteiger partial charge in [-0.3, -0.25) is 14.4 Å². The Bertz CT molecular complexity index is 308. The van der Waals surface area contributed by atoms with Crippen LogP contribution in [0.25, 0.3) is 0 Å². The average molecular weight is 357 g/mol. The highest BCUT2D eigenvalue weighted by Gasteiger charge is 2.00. The van der Waals surface area contributed by atoms with Gasteiger partial charge >= 0.3 is 17.9 Å². The normalized spacial score (nSPS) is 11.8. The average Bonchev–Trinajstić information content (AvgIpc) is 2.25. The summed E-state index contributed by atoms with van der Waals surface area (Å²) in [6.45, 7) is 4.87. The number of aliphatic carboxylic acids is 3. The van der Waals surface area contributed by atoms with E-state index in [1.165, 1.54) is 6.92 Å². The van der Waals surface area contributed by atoms with Crippen molar-refractivity contribution in [1.29, 1.82) is 0 Å². The van der Waals surface area contributed by atoms with Crippen molar-refractivity contribution in [3.8, 4) is 0 Å². The second-order valence-electron chi connectivity index (χ2n) is 4.61. The minimum Gasteiger partial charge on any atom is -0.481 e. The summed E-state index contributed by atoms with van der Waals surface area (Å²) >= 11 is 0. The molecule has 9 heteroatoms.